The van der Waals surface area contributed by atoms with Gasteiger partial charge in [0.15, 0.2) is 5.58 Å². The van der Waals surface area contributed by atoms with Crippen molar-refractivity contribution in [1.29, 1.82) is 0 Å². The van der Waals surface area contributed by atoms with Crippen molar-refractivity contribution in [3.63, 3.8) is 0 Å². The van der Waals surface area contributed by atoms with E-state index in [2.05, 4.69) is 18.8 Å². The summed E-state index contributed by atoms with van der Waals surface area (Å²) in [6, 6.07) is 3.84. The summed E-state index contributed by atoms with van der Waals surface area (Å²) in [6.45, 7) is 4.19. The van der Waals surface area contributed by atoms with Crippen molar-refractivity contribution >= 4 is 11.1 Å². The van der Waals surface area contributed by atoms with Crippen molar-refractivity contribution < 1.29 is 4.42 Å². The highest BCUT2D eigenvalue weighted by Gasteiger charge is 2.11. The smallest absolute Gasteiger partial charge is 0.152 e. The van der Waals surface area contributed by atoms with Crippen molar-refractivity contribution in [3.05, 3.63) is 30.2 Å². The fraction of sp³-hybridized carbons (Fsp3) is 0.364. The van der Waals surface area contributed by atoms with E-state index in [1.165, 1.54) is 0 Å². The number of furan rings is 1. The number of fused-ring (bicyclic) bond motifs is 1. The van der Waals surface area contributed by atoms with Crippen LogP contribution >= 0.6 is 0 Å². The summed E-state index contributed by atoms with van der Waals surface area (Å²) in [5, 5.41) is 0. The SMILES string of the molecule is CC(C)[C@H](N)c1cnc2ccoc2c1. The normalized spacial score (nSPS) is 13.7. The first kappa shape index (κ1) is 9.21. The van der Waals surface area contributed by atoms with E-state index in [0.29, 0.717) is 5.92 Å². The third kappa shape index (κ3) is 1.51. The van der Waals surface area contributed by atoms with Crippen LogP contribution in [0.2, 0.25) is 0 Å². The highest BCUT2D eigenvalue weighted by Crippen LogP contribution is 2.22. The maximum atomic E-state index is 6.02. The van der Waals surface area contributed by atoms with Gasteiger partial charge in [-0.2, -0.15) is 0 Å². The van der Waals surface area contributed by atoms with E-state index in [0.717, 1.165) is 16.7 Å². The average molecular weight is 190 g/mol. The molecule has 0 amide bonds. The van der Waals surface area contributed by atoms with Gasteiger partial charge in [0.25, 0.3) is 0 Å². The molecule has 0 fully saturated rings. The third-order valence-electron chi connectivity index (χ3n) is 2.43. The summed E-state index contributed by atoms with van der Waals surface area (Å²) in [7, 11) is 0. The fourth-order valence-corrected chi connectivity index (χ4v) is 1.43. The minimum atomic E-state index is 0.0250. The Bertz CT molecular complexity index is 434. The van der Waals surface area contributed by atoms with Gasteiger partial charge in [-0.25, -0.2) is 0 Å². The number of pyridine rings is 1. The van der Waals surface area contributed by atoms with Crippen molar-refractivity contribution in [2.24, 2.45) is 11.7 Å². The van der Waals surface area contributed by atoms with Crippen LogP contribution < -0.4 is 5.73 Å². The van der Waals surface area contributed by atoms with Crippen LogP contribution in [0, 0.1) is 5.92 Å². The van der Waals surface area contributed by atoms with E-state index in [4.69, 9.17) is 10.2 Å². The van der Waals surface area contributed by atoms with Crippen LogP contribution in [0.25, 0.3) is 11.1 Å². The molecule has 3 nitrogen and oxygen atoms in total. The molecular weight excluding hydrogens is 176 g/mol. The summed E-state index contributed by atoms with van der Waals surface area (Å²) >= 11 is 0. The lowest BCUT2D eigenvalue weighted by Gasteiger charge is -2.14. The molecule has 1 atom stereocenters. The molecule has 0 saturated heterocycles. The third-order valence-corrected chi connectivity index (χ3v) is 2.43. The topological polar surface area (TPSA) is 52.0 Å². The van der Waals surface area contributed by atoms with Gasteiger partial charge in [0, 0.05) is 18.3 Å². The van der Waals surface area contributed by atoms with Crippen LogP contribution in [-0.4, -0.2) is 4.98 Å². The van der Waals surface area contributed by atoms with E-state index >= 15 is 0 Å². The molecule has 0 aromatic carbocycles. The van der Waals surface area contributed by atoms with E-state index in [9.17, 15) is 0 Å². The summed E-state index contributed by atoms with van der Waals surface area (Å²) in [6.07, 6.45) is 3.46. The van der Waals surface area contributed by atoms with E-state index in [1.807, 2.05) is 18.3 Å². The summed E-state index contributed by atoms with van der Waals surface area (Å²) < 4.78 is 5.27. The van der Waals surface area contributed by atoms with Gasteiger partial charge in [0.2, 0.25) is 0 Å². The molecule has 2 heterocycles. The quantitative estimate of drug-likeness (QED) is 0.791. The van der Waals surface area contributed by atoms with Gasteiger partial charge in [-0.1, -0.05) is 13.8 Å². The van der Waals surface area contributed by atoms with Crippen LogP contribution in [0.3, 0.4) is 0 Å². The van der Waals surface area contributed by atoms with Crippen LogP contribution in [-0.2, 0) is 0 Å². The molecule has 0 saturated carbocycles. The molecule has 2 aromatic heterocycles. The fourth-order valence-electron chi connectivity index (χ4n) is 1.43. The van der Waals surface area contributed by atoms with Gasteiger partial charge in [-0.3, -0.25) is 4.98 Å². The number of hydrogen-bond acceptors (Lipinski definition) is 3. The Morgan fingerprint density at radius 1 is 1.43 bits per heavy atom. The number of nitrogens with two attached hydrogens (primary N) is 1. The van der Waals surface area contributed by atoms with Crippen molar-refractivity contribution in [2.75, 3.05) is 0 Å². The average Bonchev–Trinajstić information content (AvgIpc) is 2.62. The molecule has 14 heavy (non-hydrogen) atoms. The van der Waals surface area contributed by atoms with Crippen molar-refractivity contribution in [3.8, 4) is 0 Å². The highest BCUT2D eigenvalue weighted by atomic mass is 16.3. The molecule has 2 rings (SSSR count). The first-order valence-corrected chi connectivity index (χ1v) is 4.77. The Balaban J connectivity index is 2.43. The number of nitrogens with zero attached hydrogens (tertiary/aromatic N) is 1. The molecule has 0 aliphatic carbocycles. The first-order chi connectivity index (χ1) is 6.68. The molecule has 2 N–H and O–H groups in total. The van der Waals surface area contributed by atoms with E-state index in [-0.39, 0.29) is 6.04 Å². The molecule has 0 unspecified atom stereocenters. The maximum absolute atomic E-state index is 6.02. The Morgan fingerprint density at radius 2 is 2.21 bits per heavy atom. The molecule has 2 aromatic rings. The summed E-state index contributed by atoms with van der Waals surface area (Å²) in [5.74, 6) is 0.407. The molecule has 0 radical (unpaired) electrons. The molecule has 0 spiro atoms. The second-order valence-corrected chi connectivity index (χ2v) is 3.84. The zero-order chi connectivity index (χ0) is 10.1. The Labute approximate surface area is 82.9 Å². The molecule has 0 aliphatic rings. The summed E-state index contributed by atoms with van der Waals surface area (Å²) in [5.41, 5.74) is 8.73. The number of aromatic nitrogens is 1. The predicted molar refractivity (Wildman–Crippen MR) is 55.8 cm³/mol. The lowest BCUT2D eigenvalue weighted by molar-refractivity contribution is 0.512. The zero-order valence-corrected chi connectivity index (χ0v) is 8.40. The van der Waals surface area contributed by atoms with Crippen LogP contribution in [0.4, 0.5) is 0 Å². The number of hydrogen-bond donors (Lipinski definition) is 1. The highest BCUT2D eigenvalue weighted by molar-refractivity contribution is 5.72. The Kier molecular flexibility index (Phi) is 2.25. The van der Waals surface area contributed by atoms with Crippen molar-refractivity contribution in [1.82, 2.24) is 4.98 Å². The number of rotatable bonds is 2. The van der Waals surface area contributed by atoms with Gasteiger partial charge in [-0.15, -0.1) is 0 Å². The minimum absolute atomic E-state index is 0.0250. The molecule has 0 bridgehead atoms. The second kappa shape index (κ2) is 3.42. The first-order valence-electron chi connectivity index (χ1n) is 4.77. The zero-order valence-electron chi connectivity index (χ0n) is 8.40. The summed E-state index contributed by atoms with van der Waals surface area (Å²) in [4.78, 5) is 4.27. The van der Waals surface area contributed by atoms with Crippen LogP contribution in [0.5, 0.6) is 0 Å². The Morgan fingerprint density at radius 3 is 2.93 bits per heavy atom. The maximum Gasteiger partial charge on any atom is 0.152 e. The molecular formula is C11H14N2O. The van der Waals surface area contributed by atoms with Gasteiger partial charge in [-0.05, 0) is 17.5 Å². The molecule has 74 valence electrons. The lowest BCUT2D eigenvalue weighted by Crippen LogP contribution is -2.16. The monoisotopic (exact) mass is 190 g/mol. The van der Waals surface area contributed by atoms with Gasteiger partial charge < -0.3 is 10.2 Å². The minimum Gasteiger partial charge on any atom is -0.463 e. The predicted octanol–water partition coefficient (Wildman–Crippen LogP) is 2.48. The largest absolute Gasteiger partial charge is 0.463 e. The van der Waals surface area contributed by atoms with Gasteiger partial charge >= 0.3 is 0 Å². The van der Waals surface area contributed by atoms with Gasteiger partial charge in [0.05, 0.1) is 6.26 Å². The Hall–Kier alpha value is -1.35. The lowest BCUT2D eigenvalue weighted by atomic mass is 9.98. The second-order valence-electron chi connectivity index (χ2n) is 3.84. The van der Waals surface area contributed by atoms with Gasteiger partial charge in [0.1, 0.15) is 5.52 Å². The molecule has 3 heteroatoms. The standard InChI is InChI=1S/C11H14N2O/c1-7(2)11(12)8-5-10-9(13-6-8)3-4-14-10/h3-7,11H,12H2,1-2H3/t11-/m0/s1. The van der Waals surface area contributed by atoms with E-state index < -0.39 is 0 Å². The van der Waals surface area contributed by atoms with Crippen LogP contribution in [0.15, 0.2) is 29.0 Å². The van der Waals surface area contributed by atoms with Crippen molar-refractivity contribution in [2.45, 2.75) is 19.9 Å². The molecule has 0 aliphatic heterocycles. The van der Waals surface area contributed by atoms with E-state index in [1.54, 1.807) is 6.26 Å². The van der Waals surface area contributed by atoms with Crippen LogP contribution in [0.1, 0.15) is 25.5 Å².